The zero-order valence-electron chi connectivity index (χ0n) is 10.6. The third-order valence-electron chi connectivity index (χ3n) is 2.30. The van der Waals surface area contributed by atoms with Crippen molar-refractivity contribution in [2.45, 2.75) is 33.8 Å². The fourth-order valence-electron chi connectivity index (χ4n) is 1.30. The summed E-state index contributed by atoms with van der Waals surface area (Å²) in [5.74, 6) is 0. The first-order valence-corrected chi connectivity index (χ1v) is 6.77. The lowest BCUT2D eigenvalue weighted by atomic mass is 9.92. The standard InChI is InChI=1S/C13H23NOS/c1-13(2,3)6-7-14-8-9-15-11-12-5-4-10-16-12/h4-5,10,14H,6-9,11H2,1-3H3. The summed E-state index contributed by atoms with van der Waals surface area (Å²) in [7, 11) is 0. The van der Waals surface area contributed by atoms with Crippen LogP contribution < -0.4 is 5.32 Å². The van der Waals surface area contributed by atoms with Crippen LogP contribution in [-0.4, -0.2) is 19.7 Å². The highest BCUT2D eigenvalue weighted by molar-refractivity contribution is 7.09. The summed E-state index contributed by atoms with van der Waals surface area (Å²) in [6, 6.07) is 4.17. The highest BCUT2D eigenvalue weighted by Gasteiger charge is 2.08. The van der Waals surface area contributed by atoms with E-state index in [0.717, 1.165) is 26.3 Å². The molecule has 0 fully saturated rings. The van der Waals surface area contributed by atoms with E-state index in [-0.39, 0.29) is 0 Å². The first kappa shape index (κ1) is 13.7. The molecule has 0 spiro atoms. The molecule has 0 unspecified atom stereocenters. The molecule has 0 aromatic carbocycles. The number of ether oxygens (including phenoxy) is 1. The van der Waals surface area contributed by atoms with Crippen LogP contribution in [0.1, 0.15) is 32.1 Å². The van der Waals surface area contributed by atoms with Crippen LogP contribution in [0, 0.1) is 5.41 Å². The van der Waals surface area contributed by atoms with Gasteiger partial charge in [0.1, 0.15) is 0 Å². The van der Waals surface area contributed by atoms with Gasteiger partial charge in [-0.15, -0.1) is 11.3 Å². The second kappa shape index (κ2) is 7.05. The van der Waals surface area contributed by atoms with E-state index in [1.54, 1.807) is 11.3 Å². The number of rotatable bonds is 7. The van der Waals surface area contributed by atoms with Crippen molar-refractivity contribution in [3.8, 4) is 0 Å². The summed E-state index contributed by atoms with van der Waals surface area (Å²) in [6.07, 6.45) is 1.21. The first-order chi connectivity index (χ1) is 7.58. The average molecular weight is 241 g/mol. The fourth-order valence-corrected chi connectivity index (χ4v) is 1.94. The first-order valence-electron chi connectivity index (χ1n) is 5.89. The Morgan fingerprint density at radius 2 is 2.12 bits per heavy atom. The molecule has 1 aromatic rings. The Bertz CT molecular complexity index is 264. The molecular formula is C13H23NOS. The van der Waals surface area contributed by atoms with E-state index in [1.807, 2.05) is 0 Å². The molecule has 0 saturated heterocycles. The van der Waals surface area contributed by atoms with Crippen molar-refractivity contribution in [3.63, 3.8) is 0 Å². The summed E-state index contributed by atoms with van der Waals surface area (Å²) in [6.45, 7) is 10.4. The maximum Gasteiger partial charge on any atom is 0.0809 e. The minimum atomic E-state index is 0.421. The largest absolute Gasteiger partial charge is 0.375 e. The second-order valence-electron chi connectivity index (χ2n) is 5.19. The number of hydrogen-bond donors (Lipinski definition) is 1. The van der Waals surface area contributed by atoms with Crippen LogP contribution in [0.3, 0.4) is 0 Å². The predicted octanol–water partition coefficient (Wildman–Crippen LogP) is 3.29. The highest BCUT2D eigenvalue weighted by Crippen LogP contribution is 2.16. The zero-order chi connectivity index (χ0) is 11.9. The van der Waals surface area contributed by atoms with Crippen LogP contribution in [-0.2, 0) is 11.3 Å². The van der Waals surface area contributed by atoms with Gasteiger partial charge in [0.2, 0.25) is 0 Å². The molecule has 0 amide bonds. The molecule has 2 nitrogen and oxygen atoms in total. The van der Waals surface area contributed by atoms with Gasteiger partial charge in [-0.1, -0.05) is 26.8 Å². The SMILES string of the molecule is CC(C)(C)CCNCCOCc1cccs1. The molecule has 92 valence electrons. The van der Waals surface area contributed by atoms with Crippen molar-refractivity contribution < 1.29 is 4.74 Å². The zero-order valence-corrected chi connectivity index (χ0v) is 11.4. The molecule has 0 radical (unpaired) electrons. The van der Waals surface area contributed by atoms with E-state index in [4.69, 9.17) is 4.74 Å². The lowest BCUT2D eigenvalue weighted by molar-refractivity contribution is 0.124. The molecule has 1 N–H and O–H groups in total. The molecule has 0 aliphatic heterocycles. The highest BCUT2D eigenvalue weighted by atomic mass is 32.1. The Morgan fingerprint density at radius 3 is 2.75 bits per heavy atom. The Kier molecular flexibility index (Phi) is 6.03. The lowest BCUT2D eigenvalue weighted by Crippen LogP contribution is -2.24. The van der Waals surface area contributed by atoms with Gasteiger partial charge in [-0.25, -0.2) is 0 Å². The molecule has 1 rings (SSSR count). The summed E-state index contributed by atoms with van der Waals surface area (Å²) in [5.41, 5.74) is 0.421. The smallest absolute Gasteiger partial charge is 0.0809 e. The Morgan fingerprint density at radius 1 is 1.31 bits per heavy atom. The second-order valence-corrected chi connectivity index (χ2v) is 6.22. The van der Waals surface area contributed by atoms with Crippen LogP contribution in [0.4, 0.5) is 0 Å². The van der Waals surface area contributed by atoms with Crippen molar-refractivity contribution in [3.05, 3.63) is 22.4 Å². The molecule has 1 heterocycles. The molecule has 16 heavy (non-hydrogen) atoms. The van der Waals surface area contributed by atoms with Gasteiger partial charge in [-0.2, -0.15) is 0 Å². The lowest BCUT2D eigenvalue weighted by Gasteiger charge is -2.17. The minimum Gasteiger partial charge on any atom is -0.375 e. The third-order valence-corrected chi connectivity index (χ3v) is 3.15. The van der Waals surface area contributed by atoms with Crippen LogP contribution in [0.25, 0.3) is 0 Å². The monoisotopic (exact) mass is 241 g/mol. The van der Waals surface area contributed by atoms with Gasteiger partial charge in [0.25, 0.3) is 0 Å². The van der Waals surface area contributed by atoms with Crippen LogP contribution in [0.5, 0.6) is 0 Å². The van der Waals surface area contributed by atoms with Gasteiger partial charge >= 0.3 is 0 Å². The summed E-state index contributed by atoms with van der Waals surface area (Å²) < 4.78 is 5.56. The van der Waals surface area contributed by atoms with E-state index in [9.17, 15) is 0 Å². The summed E-state index contributed by atoms with van der Waals surface area (Å²) in [4.78, 5) is 1.30. The van der Waals surface area contributed by atoms with Crippen molar-refractivity contribution in [1.82, 2.24) is 5.32 Å². The van der Waals surface area contributed by atoms with Gasteiger partial charge in [0, 0.05) is 11.4 Å². The molecule has 0 bridgehead atoms. The van der Waals surface area contributed by atoms with Crippen molar-refractivity contribution >= 4 is 11.3 Å². The normalized spacial score (nSPS) is 11.9. The van der Waals surface area contributed by atoms with Gasteiger partial charge in [0.05, 0.1) is 13.2 Å². The van der Waals surface area contributed by atoms with E-state index < -0.39 is 0 Å². The number of nitrogens with one attached hydrogen (secondary N) is 1. The topological polar surface area (TPSA) is 21.3 Å². The van der Waals surface area contributed by atoms with Crippen LogP contribution >= 0.6 is 11.3 Å². The van der Waals surface area contributed by atoms with E-state index in [1.165, 1.54) is 11.3 Å². The predicted molar refractivity (Wildman–Crippen MR) is 70.9 cm³/mol. The van der Waals surface area contributed by atoms with Gasteiger partial charge < -0.3 is 10.1 Å². The number of hydrogen-bond acceptors (Lipinski definition) is 3. The minimum absolute atomic E-state index is 0.421. The molecule has 0 aliphatic rings. The number of thiophene rings is 1. The molecule has 3 heteroatoms. The van der Waals surface area contributed by atoms with Gasteiger partial charge in [-0.05, 0) is 29.8 Å². The van der Waals surface area contributed by atoms with Crippen LogP contribution in [0.15, 0.2) is 17.5 Å². The Labute approximate surface area is 103 Å². The quantitative estimate of drug-likeness (QED) is 0.740. The molecular weight excluding hydrogens is 218 g/mol. The third kappa shape index (κ3) is 6.99. The van der Waals surface area contributed by atoms with Gasteiger partial charge in [-0.3, -0.25) is 0 Å². The van der Waals surface area contributed by atoms with E-state index in [0.29, 0.717) is 5.41 Å². The molecule has 0 atom stereocenters. The molecule has 1 aromatic heterocycles. The van der Waals surface area contributed by atoms with Crippen molar-refractivity contribution in [2.24, 2.45) is 5.41 Å². The van der Waals surface area contributed by atoms with E-state index in [2.05, 4.69) is 43.6 Å². The fraction of sp³-hybridized carbons (Fsp3) is 0.692. The summed E-state index contributed by atoms with van der Waals surface area (Å²) >= 11 is 1.75. The maximum absolute atomic E-state index is 5.56. The van der Waals surface area contributed by atoms with E-state index >= 15 is 0 Å². The maximum atomic E-state index is 5.56. The molecule has 0 aliphatic carbocycles. The molecule has 0 saturated carbocycles. The average Bonchev–Trinajstić information content (AvgIpc) is 2.67. The van der Waals surface area contributed by atoms with Crippen molar-refractivity contribution in [2.75, 3.05) is 19.7 Å². The van der Waals surface area contributed by atoms with Crippen molar-refractivity contribution in [1.29, 1.82) is 0 Å². The summed E-state index contributed by atoms with van der Waals surface area (Å²) in [5, 5.41) is 5.48. The van der Waals surface area contributed by atoms with Crippen LogP contribution in [0.2, 0.25) is 0 Å². The van der Waals surface area contributed by atoms with Gasteiger partial charge in [0.15, 0.2) is 0 Å². The Balaban J connectivity index is 1.89. The Hall–Kier alpha value is -0.380.